The summed E-state index contributed by atoms with van der Waals surface area (Å²) in [5.74, 6) is 5.44. The third-order valence-electron chi connectivity index (χ3n) is 2.94. The Kier molecular flexibility index (Phi) is 3.64. The second kappa shape index (κ2) is 5.10. The molecule has 0 amide bonds. The predicted octanol–water partition coefficient (Wildman–Crippen LogP) is 0.969. The summed E-state index contributed by atoms with van der Waals surface area (Å²) >= 11 is 0. The maximum atomic E-state index is 12.8. The number of hydrazine groups is 1. The molecule has 0 spiro atoms. The van der Waals surface area contributed by atoms with E-state index in [4.69, 9.17) is 11.6 Å². The summed E-state index contributed by atoms with van der Waals surface area (Å²) in [5, 5.41) is 7.39. The summed E-state index contributed by atoms with van der Waals surface area (Å²) in [6.45, 7) is 0. The molecule has 0 fully saturated rings. The van der Waals surface area contributed by atoms with Gasteiger partial charge in [0, 0.05) is 12.7 Å². The average Bonchev–Trinajstić information content (AvgIpc) is 2.78. The molecule has 0 radical (unpaired) electrons. The zero-order valence-electron chi connectivity index (χ0n) is 10.5. The fraction of sp³-hybridized carbons (Fsp3) is 0.273. The van der Waals surface area contributed by atoms with E-state index in [1.807, 2.05) is 0 Å². The van der Waals surface area contributed by atoms with Crippen molar-refractivity contribution in [3.63, 3.8) is 0 Å². The van der Waals surface area contributed by atoms with E-state index >= 15 is 0 Å². The smallest absolute Gasteiger partial charge is 0.398 e. The molecule has 1 aromatic heterocycles. The van der Waals surface area contributed by atoms with Gasteiger partial charge in [0.25, 0.3) is 0 Å². The summed E-state index contributed by atoms with van der Waals surface area (Å²) in [4.78, 5) is 0. The van der Waals surface area contributed by atoms with Crippen LogP contribution in [0.1, 0.15) is 22.9 Å². The molecule has 5 N–H and O–H groups in total. The standard InChI is InChI=1S/C11H13F3N6/c1-20-9(5-17-19-20)10(18-16)7-4-6(11(12,13)14)2-3-8(7)15/h2-5,10,18H,15-16H2,1H3. The molecule has 0 saturated heterocycles. The van der Waals surface area contributed by atoms with Crippen molar-refractivity contribution in [2.75, 3.05) is 5.73 Å². The number of rotatable bonds is 3. The summed E-state index contributed by atoms with van der Waals surface area (Å²) < 4.78 is 39.7. The first-order valence-corrected chi connectivity index (χ1v) is 5.62. The first kappa shape index (κ1) is 14.3. The van der Waals surface area contributed by atoms with Crippen molar-refractivity contribution in [1.82, 2.24) is 20.4 Å². The Bertz CT molecular complexity index is 606. The van der Waals surface area contributed by atoms with Crippen LogP contribution < -0.4 is 17.0 Å². The first-order chi connectivity index (χ1) is 9.34. The highest BCUT2D eigenvalue weighted by Gasteiger charge is 2.32. The largest absolute Gasteiger partial charge is 0.416 e. The number of hydrogen-bond donors (Lipinski definition) is 3. The lowest BCUT2D eigenvalue weighted by molar-refractivity contribution is -0.137. The number of benzene rings is 1. The second-order valence-electron chi connectivity index (χ2n) is 4.22. The number of anilines is 1. The Hall–Kier alpha value is -2.13. The molecule has 1 unspecified atom stereocenters. The summed E-state index contributed by atoms with van der Waals surface area (Å²) in [6.07, 6.45) is -3.05. The maximum Gasteiger partial charge on any atom is 0.416 e. The van der Waals surface area contributed by atoms with Crippen molar-refractivity contribution in [3.8, 4) is 0 Å². The first-order valence-electron chi connectivity index (χ1n) is 5.62. The molecule has 20 heavy (non-hydrogen) atoms. The van der Waals surface area contributed by atoms with Crippen LogP contribution in [0, 0.1) is 0 Å². The average molecular weight is 286 g/mol. The Labute approximate surface area is 112 Å². The van der Waals surface area contributed by atoms with Gasteiger partial charge in [-0.3, -0.25) is 10.5 Å². The minimum atomic E-state index is -4.45. The molecule has 2 rings (SSSR count). The van der Waals surface area contributed by atoms with Gasteiger partial charge in [-0.2, -0.15) is 13.2 Å². The van der Waals surface area contributed by atoms with Crippen LogP contribution in [0.15, 0.2) is 24.4 Å². The summed E-state index contributed by atoms with van der Waals surface area (Å²) in [5.41, 5.74) is 8.30. The second-order valence-corrected chi connectivity index (χ2v) is 4.22. The van der Waals surface area contributed by atoms with Crippen molar-refractivity contribution in [2.24, 2.45) is 12.9 Å². The highest BCUT2D eigenvalue weighted by molar-refractivity contribution is 5.52. The van der Waals surface area contributed by atoms with Gasteiger partial charge in [-0.15, -0.1) is 5.10 Å². The third-order valence-corrected chi connectivity index (χ3v) is 2.94. The predicted molar refractivity (Wildman–Crippen MR) is 66.0 cm³/mol. The van der Waals surface area contributed by atoms with Crippen molar-refractivity contribution >= 4 is 5.69 Å². The highest BCUT2D eigenvalue weighted by atomic mass is 19.4. The van der Waals surface area contributed by atoms with Crippen LogP contribution in [0.25, 0.3) is 0 Å². The molecule has 2 aromatic rings. The fourth-order valence-corrected chi connectivity index (χ4v) is 1.89. The number of aryl methyl sites for hydroxylation is 1. The Morgan fingerprint density at radius 2 is 2.05 bits per heavy atom. The van der Waals surface area contributed by atoms with Gasteiger partial charge in [-0.1, -0.05) is 5.21 Å². The lowest BCUT2D eigenvalue weighted by atomic mass is 9.99. The number of nitrogen functional groups attached to an aromatic ring is 1. The van der Waals surface area contributed by atoms with Crippen LogP contribution in [0.3, 0.4) is 0 Å². The van der Waals surface area contributed by atoms with Gasteiger partial charge in [0.1, 0.15) is 0 Å². The molecule has 0 saturated carbocycles. The van der Waals surface area contributed by atoms with E-state index < -0.39 is 17.8 Å². The van der Waals surface area contributed by atoms with Crippen LogP contribution in [0.5, 0.6) is 0 Å². The molecular weight excluding hydrogens is 273 g/mol. The molecule has 0 aliphatic carbocycles. The number of nitrogens with one attached hydrogen (secondary N) is 1. The fourth-order valence-electron chi connectivity index (χ4n) is 1.89. The van der Waals surface area contributed by atoms with Gasteiger partial charge in [0.15, 0.2) is 0 Å². The van der Waals surface area contributed by atoms with Crippen LogP contribution >= 0.6 is 0 Å². The molecule has 1 heterocycles. The monoisotopic (exact) mass is 286 g/mol. The van der Waals surface area contributed by atoms with E-state index in [0.29, 0.717) is 5.69 Å². The van der Waals surface area contributed by atoms with Crippen LogP contribution in [-0.4, -0.2) is 15.0 Å². The normalized spacial score (nSPS) is 13.4. The van der Waals surface area contributed by atoms with Gasteiger partial charge < -0.3 is 5.73 Å². The van der Waals surface area contributed by atoms with E-state index in [9.17, 15) is 13.2 Å². The van der Waals surface area contributed by atoms with Crippen molar-refractivity contribution in [1.29, 1.82) is 0 Å². The van der Waals surface area contributed by atoms with Crippen molar-refractivity contribution in [3.05, 3.63) is 41.2 Å². The van der Waals surface area contributed by atoms with Crippen LogP contribution in [-0.2, 0) is 13.2 Å². The van der Waals surface area contributed by atoms with Crippen LogP contribution in [0.4, 0.5) is 18.9 Å². The minimum absolute atomic E-state index is 0.196. The van der Waals surface area contributed by atoms with Crippen molar-refractivity contribution < 1.29 is 13.2 Å². The number of alkyl halides is 3. The molecule has 9 heteroatoms. The SMILES string of the molecule is Cn1nncc1C(NN)c1cc(C(F)(F)F)ccc1N. The third kappa shape index (κ3) is 2.58. The zero-order valence-corrected chi connectivity index (χ0v) is 10.5. The highest BCUT2D eigenvalue weighted by Crippen LogP contribution is 2.34. The number of halogens is 3. The Balaban J connectivity index is 2.52. The van der Waals surface area contributed by atoms with E-state index in [1.54, 1.807) is 7.05 Å². The molecule has 0 aliphatic rings. The molecule has 1 atom stereocenters. The maximum absolute atomic E-state index is 12.8. The van der Waals surface area contributed by atoms with E-state index in [1.165, 1.54) is 16.9 Å². The van der Waals surface area contributed by atoms with Gasteiger partial charge in [0.05, 0.1) is 23.5 Å². The minimum Gasteiger partial charge on any atom is -0.398 e. The molecule has 108 valence electrons. The lowest BCUT2D eigenvalue weighted by Gasteiger charge is -2.19. The van der Waals surface area contributed by atoms with E-state index in [-0.39, 0.29) is 11.3 Å². The van der Waals surface area contributed by atoms with Gasteiger partial charge in [-0.05, 0) is 23.8 Å². The topological polar surface area (TPSA) is 94.8 Å². The summed E-state index contributed by atoms with van der Waals surface area (Å²) in [6, 6.07) is 2.35. The number of aromatic nitrogens is 3. The molecular formula is C11H13F3N6. The Morgan fingerprint density at radius 1 is 1.35 bits per heavy atom. The number of nitrogens with two attached hydrogens (primary N) is 2. The molecule has 6 nitrogen and oxygen atoms in total. The van der Waals surface area contributed by atoms with Crippen molar-refractivity contribution in [2.45, 2.75) is 12.2 Å². The zero-order chi connectivity index (χ0) is 14.9. The van der Waals surface area contributed by atoms with Gasteiger partial charge in [0.2, 0.25) is 0 Å². The number of nitrogens with zero attached hydrogens (tertiary/aromatic N) is 3. The number of hydrogen-bond acceptors (Lipinski definition) is 5. The Morgan fingerprint density at radius 3 is 2.55 bits per heavy atom. The van der Waals surface area contributed by atoms with Crippen LogP contribution in [0.2, 0.25) is 0 Å². The molecule has 1 aromatic carbocycles. The summed E-state index contributed by atoms with van der Waals surface area (Å²) in [7, 11) is 1.61. The lowest BCUT2D eigenvalue weighted by Crippen LogP contribution is -2.31. The molecule has 0 aliphatic heterocycles. The van der Waals surface area contributed by atoms with E-state index in [2.05, 4.69) is 15.7 Å². The van der Waals surface area contributed by atoms with Gasteiger partial charge >= 0.3 is 6.18 Å². The molecule has 0 bridgehead atoms. The van der Waals surface area contributed by atoms with Gasteiger partial charge in [-0.25, -0.2) is 5.43 Å². The van der Waals surface area contributed by atoms with E-state index in [0.717, 1.165) is 12.1 Å². The quantitative estimate of drug-likeness (QED) is 0.444.